The fourth-order valence-electron chi connectivity index (χ4n) is 4.96. The normalized spacial score (nSPS) is 26.4. The molecule has 0 saturated carbocycles. The molecule has 1 N–H and O–H groups in total. The monoisotopic (exact) mass is 377 g/mol. The Morgan fingerprint density at radius 1 is 1.04 bits per heavy atom. The lowest BCUT2D eigenvalue weighted by atomic mass is 9.88. The van der Waals surface area contributed by atoms with Crippen LogP contribution >= 0.6 is 0 Å². The van der Waals surface area contributed by atoms with E-state index < -0.39 is 0 Å². The summed E-state index contributed by atoms with van der Waals surface area (Å²) in [6, 6.07) is 0. The van der Waals surface area contributed by atoms with Gasteiger partial charge in [-0.1, -0.05) is 0 Å². The maximum Gasteiger partial charge on any atom is 0.0641 e. The largest absolute Gasteiger partial charge is 0.396 e. The Kier molecular flexibility index (Phi) is 7.31. The molecule has 0 radical (unpaired) electrons. The predicted molar refractivity (Wildman–Crippen MR) is 110 cm³/mol. The van der Waals surface area contributed by atoms with Gasteiger partial charge in [-0.25, -0.2) is 0 Å². The van der Waals surface area contributed by atoms with Gasteiger partial charge in [-0.2, -0.15) is 5.10 Å². The zero-order valence-corrected chi connectivity index (χ0v) is 17.8. The van der Waals surface area contributed by atoms with Crippen LogP contribution in [0.4, 0.5) is 0 Å². The van der Waals surface area contributed by atoms with Gasteiger partial charge in [0.1, 0.15) is 0 Å². The van der Waals surface area contributed by atoms with Crippen molar-refractivity contribution < 1.29 is 5.11 Å². The average Bonchev–Trinajstić information content (AvgIpc) is 2.80. The number of aliphatic hydroxyl groups excluding tert-OH is 1. The molecule has 0 aromatic carbocycles. The number of nitrogens with zero attached hydrogens (tertiary/aromatic N) is 5. The summed E-state index contributed by atoms with van der Waals surface area (Å²) in [7, 11) is 2.23. The third-order valence-corrected chi connectivity index (χ3v) is 6.50. The highest BCUT2D eigenvalue weighted by Gasteiger charge is 2.29. The maximum absolute atomic E-state index is 9.87. The van der Waals surface area contributed by atoms with Crippen LogP contribution in [-0.2, 0) is 13.1 Å². The van der Waals surface area contributed by atoms with Crippen molar-refractivity contribution >= 4 is 0 Å². The van der Waals surface area contributed by atoms with Gasteiger partial charge < -0.3 is 14.9 Å². The van der Waals surface area contributed by atoms with Crippen molar-refractivity contribution in [2.75, 3.05) is 59.5 Å². The van der Waals surface area contributed by atoms with Crippen LogP contribution in [0.2, 0.25) is 0 Å². The molecule has 1 aromatic rings. The molecule has 0 amide bonds. The lowest BCUT2D eigenvalue weighted by Crippen LogP contribution is -2.45. The molecule has 0 spiro atoms. The van der Waals surface area contributed by atoms with Gasteiger partial charge in [0, 0.05) is 63.7 Å². The Labute approximate surface area is 165 Å². The molecule has 2 saturated heterocycles. The number of hydrogen-bond acceptors (Lipinski definition) is 5. The average molecular weight is 378 g/mol. The first-order chi connectivity index (χ1) is 13.0. The minimum Gasteiger partial charge on any atom is -0.396 e. The van der Waals surface area contributed by atoms with Crippen LogP contribution in [0, 0.1) is 25.7 Å². The molecular weight excluding hydrogens is 338 g/mol. The molecule has 2 atom stereocenters. The van der Waals surface area contributed by atoms with Crippen molar-refractivity contribution in [2.45, 2.75) is 46.7 Å². The molecule has 27 heavy (non-hydrogen) atoms. The van der Waals surface area contributed by atoms with E-state index in [4.69, 9.17) is 5.10 Å². The summed E-state index contributed by atoms with van der Waals surface area (Å²) in [6.07, 6.45) is 2.43. The highest BCUT2D eigenvalue weighted by molar-refractivity contribution is 5.24. The molecule has 0 bridgehead atoms. The highest BCUT2D eigenvalue weighted by Crippen LogP contribution is 2.26. The summed E-state index contributed by atoms with van der Waals surface area (Å²) < 4.78 is 2.11. The predicted octanol–water partition coefficient (Wildman–Crippen LogP) is 1.59. The van der Waals surface area contributed by atoms with Crippen LogP contribution in [0.25, 0.3) is 0 Å². The quantitative estimate of drug-likeness (QED) is 0.816. The van der Waals surface area contributed by atoms with Crippen LogP contribution in [0.5, 0.6) is 0 Å². The molecule has 0 unspecified atom stereocenters. The second kappa shape index (κ2) is 9.50. The lowest BCUT2D eigenvalue weighted by molar-refractivity contribution is 0.0625. The zero-order valence-electron chi connectivity index (χ0n) is 17.8. The van der Waals surface area contributed by atoms with Gasteiger partial charge in [-0.15, -0.1) is 0 Å². The minimum absolute atomic E-state index is 0.307. The molecule has 2 aliphatic heterocycles. The molecule has 0 aliphatic carbocycles. The number of rotatable bonds is 6. The van der Waals surface area contributed by atoms with Gasteiger partial charge in [-0.3, -0.25) is 9.58 Å². The second-order valence-electron chi connectivity index (χ2n) is 8.77. The highest BCUT2D eigenvalue weighted by atomic mass is 16.3. The topological polar surface area (TPSA) is 47.8 Å². The Morgan fingerprint density at radius 2 is 1.81 bits per heavy atom. The SMILES string of the molecule is CCn1nc(C)c(CN2C[C@@H](CN3CCCN(C)CC3)C[C@H](CO)C2)c1C. The molecule has 154 valence electrons. The third kappa shape index (κ3) is 5.31. The molecule has 3 rings (SSSR count). The van der Waals surface area contributed by atoms with Crippen molar-refractivity contribution in [1.29, 1.82) is 0 Å². The first-order valence-corrected chi connectivity index (χ1v) is 10.8. The first kappa shape index (κ1) is 20.8. The van der Waals surface area contributed by atoms with E-state index in [2.05, 4.69) is 47.2 Å². The Hall–Kier alpha value is -0.950. The minimum atomic E-state index is 0.307. The summed E-state index contributed by atoms with van der Waals surface area (Å²) in [5, 5.41) is 14.6. The molecule has 2 aliphatic rings. The summed E-state index contributed by atoms with van der Waals surface area (Å²) in [6.45, 7) is 16.8. The van der Waals surface area contributed by atoms with E-state index in [9.17, 15) is 5.11 Å². The molecule has 1 aromatic heterocycles. The number of aliphatic hydroxyl groups is 1. The van der Waals surface area contributed by atoms with E-state index in [-0.39, 0.29) is 0 Å². The Balaban J connectivity index is 1.63. The molecule has 3 heterocycles. The number of likely N-dealkylation sites (tertiary alicyclic amines) is 1. The van der Waals surface area contributed by atoms with Crippen molar-refractivity contribution in [2.24, 2.45) is 11.8 Å². The van der Waals surface area contributed by atoms with Gasteiger partial charge in [0.05, 0.1) is 5.69 Å². The van der Waals surface area contributed by atoms with E-state index in [0.29, 0.717) is 18.4 Å². The van der Waals surface area contributed by atoms with Gasteiger partial charge in [0.15, 0.2) is 0 Å². The fourth-order valence-corrected chi connectivity index (χ4v) is 4.96. The molecule has 6 nitrogen and oxygen atoms in total. The smallest absolute Gasteiger partial charge is 0.0641 e. The summed E-state index contributed by atoms with van der Waals surface area (Å²) in [5.74, 6) is 1.06. The van der Waals surface area contributed by atoms with Crippen molar-refractivity contribution in [3.05, 3.63) is 17.0 Å². The van der Waals surface area contributed by atoms with E-state index >= 15 is 0 Å². The maximum atomic E-state index is 9.87. The summed E-state index contributed by atoms with van der Waals surface area (Å²) >= 11 is 0. The van der Waals surface area contributed by atoms with Gasteiger partial charge in [-0.05, 0) is 65.6 Å². The standard InChI is InChI=1S/C21H39N5O/c1-5-26-18(3)21(17(2)22-26)15-25-13-19(11-20(14-25)16-27)12-24-8-6-7-23(4)9-10-24/h19-20,27H,5-16H2,1-4H3/t19-,20+/m1/s1. The Morgan fingerprint density at radius 3 is 2.52 bits per heavy atom. The van der Waals surface area contributed by atoms with Crippen molar-refractivity contribution in [1.82, 2.24) is 24.5 Å². The van der Waals surface area contributed by atoms with Crippen LogP contribution < -0.4 is 0 Å². The van der Waals surface area contributed by atoms with Crippen molar-refractivity contribution in [3.63, 3.8) is 0 Å². The van der Waals surface area contributed by atoms with Crippen LogP contribution in [0.3, 0.4) is 0 Å². The third-order valence-electron chi connectivity index (χ3n) is 6.50. The summed E-state index contributed by atoms with van der Waals surface area (Å²) in [5.41, 5.74) is 3.84. The first-order valence-electron chi connectivity index (χ1n) is 10.8. The second-order valence-corrected chi connectivity index (χ2v) is 8.77. The fraction of sp³-hybridized carbons (Fsp3) is 0.857. The number of likely N-dealkylation sites (N-methyl/N-ethyl adjacent to an activating group) is 1. The number of aryl methyl sites for hydroxylation is 2. The zero-order chi connectivity index (χ0) is 19.4. The summed E-state index contributed by atoms with van der Waals surface area (Å²) in [4.78, 5) is 7.66. The number of hydrogen-bond donors (Lipinski definition) is 1. The lowest BCUT2D eigenvalue weighted by Gasteiger charge is -2.39. The molecular formula is C21H39N5O. The number of aromatic nitrogens is 2. The van der Waals surface area contributed by atoms with Crippen LogP contribution in [0.15, 0.2) is 0 Å². The van der Waals surface area contributed by atoms with Gasteiger partial charge in [0.25, 0.3) is 0 Å². The van der Waals surface area contributed by atoms with E-state index in [1.807, 2.05) is 0 Å². The van der Waals surface area contributed by atoms with Crippen LogP contribution in [0.1, 0.15) is 36.7 Å². The van der Waals surface area contributed by atoms with E-state index in [1.165, 1.54) is 50.4 Å². The van der Waals surface area contributed by atoms with Crippen LogP contribution in [-0.4, -0.2) is 89.1 Å². The Bertz CT molecular complexity index is 602. The van der Waals surface area contributed by atoms with Gasteiger partial charge >= 0.3 is 0 Å². The number of piperidine rings is 1. The van der Waals surface area contributed by atoms with E-state index in [0.717, 1.165) is 38.3 Å². The van der Waals surface area contributed by atoms with Gasteiger partial charge in [0.2, 0.25) is 0 Å². The van der Waals surface area contributed by atoms with Crippen molar-refractivity contribution in [3.8, 4) is 0 Å². The molecule has 2 fully saturated rings. The van der Waals surface area contributed by atoms with E-state index in [1.54, 1.807) is 0 Å². The molecule has 6 heteroatoms.